The molecule has 0 spiro atoms. The summed E-state index contributed by atoms with van der Waals surface area (Å²) in [5.74, 6) is -1.76. The molecule has 1 aromatic rings. The zero-order valence-corrected chi connectivity index (χ0v) is 12.2. The van der Waals surface area contributed by atoms with Crippen LogP contribution < -0.4 is 0 Å². The Morgan fingerprint density at radius 3 is 2.42 bits per heavy atom. The topological polar surface area (TPSA) is 60.4 Å². The molecule has 0 aliphatic carbocycles. The van der Waals surface area contributed by atoms with Crippen molar-refractivity contribution in [2.75, 3.05) is 6.61 Å². The summed E-state index contributed by atoms with van der Waals surface area (Å²) >= 11 is 0. The molecule has 1 rings (SSSR count). The number of rotatable bonds is 4. The molecular weight excluding hydrogens is 271 g/mol. The Morgan fingerprint density at radius 2 is 1.95 bits per heavy atom. The smallest absolute Gasteiger partial charge is 0.327 e. The second-order valence-electron chi connectivity index (χ2n) is 4.67. The molecule has 0 N–H and O–H groups in total. The van der Waals surface area contributed by atoms with E-state index in [1.54, 1.807) is 13.8 Å². The van der Waals surface area contributed by atoms with E-state index in [4.69, 9.17) is 4.74 Å². The number of aryl methyl sites for hydroxylation is 1. The van der Waals surface area contributed by atoms with E-state index in [0.717, 1.165) is 6.07 Å². The number of ether oxygens (including phenoxy) is 1. The van der Waals surface area contributed by atoms with E-state index >= 15 is 0 Å². The summed E-state index contributed by atoms with van der Waals surface area (Å²) in [5.41, 5.74) is 0.602. The van der Waals surface area contributed by atoms with Crippen molar-refractivity contribution in [1.29, 1.82) is 0 Å². The number of hydrogen-bond acceptors (Lipinski definition) is 4. The van der Waals surface area contributed by atoms with Gasteiger partial charge in [-0.1, -0.05) is 6.07 Å². The second-order valence-corrected chi connectivity index (χ2v) is 7.14. The zero-order chi connectivity index (χ0) is 14.8. The van der Waals surface area contributed by atoms with Gasteiger partial charge in [-0.05, 0) is 45.4 Å². The third-order valence-electron chi connectivity index (χ3n) is 2.82. The lowest BCUT2D eigenvalue weighted by Gasteiger charge is -2.22. The van der Waals surface area contributed by atoms with Crippen LogP contribution in [0.25, 0.3) is 0 Å². The van der Waals surface area contributed by atoms with Crippen molar-refractivity contribution in [1.82, 2.24) is 0 Å². The molecular formula is C13H17FO4S. The third-order valence-corrected chi connectivity index (χ3v) is 5.24. The maximum atomic E-state index is 13.8. The SMILES string of the molecule is CCOC(=O)C(C)(C)S(=O)(=O)c1ccc(C)cc1F. The van der Waals surface area contributed by atoms with E-state index in [-0.39, 0.29) is 6.61 Å². The highest BCUT2D eigenvalue weighted by molar-refractivity contribution is 7.93. The molecule has 0 heterocycles. The summed E-state index contributed by atoms with van der Waals surface area (Å²) < 4.78 is 41.4. The molecule has 0 bridgehead atoms. The fourth-order valence-electron chi connectivity index (χ4n) is 1.51. The minimum Gasteiger partial charge on any atom is -0.465 e. The summed E-state index contributed by atoms with van der Waals surface area (Å²) in [6, 6.07) is 3.77. The van der Waals surface area contributed by atoms with Crippen LogP contribution in [0.4, 0.5) is 4.39 Å². The van der Waals surface area contributed by atoms with Crippen molar-refractivity contribution < 1.29 is 22.3 Å². The average Bonchev–Trinajstić information content (AvgIpc) is 2.28. The maximum Gasteiger partial charge on any atom is 0.327 e. The first-order valence-corrected chi connectivity index (χ1v) is 7.31. The van der Waals surface area contributed by atoms with Gasteiger partial charge in [0.05, 0.1) is 6.61 Å². The standard InChI is InChI=1S/C13H17FO4S/c1-5-18-12(15)13(3,4)19(16,17)11-7-6-9(2)8-10(11)14/h6-8H,5H2,1-4H3. The minimum atomic E-state index is -4.16. The molecule has 0 aromatic heterocycles. The van der Waals surface area contributed by atoms with Crippen LogP contribution in [0.3, 0.4) is 0 Å². The molecule has 6 heteroatoms. The van der Waals surface area contributed by atoms with E-state index in [0.29, 0.717) is 5.56 Å². The summed E-state index contributed by atoms with van der Waals surface area (Å²) in [5, 5.41) is 0. The van der Waals surface area contributed by atoms with Crippen LogP contribution in [-0.4, -0.2) is 25.7 Å². The third kappa shape index (κ3) is 2.78. The Kier molecular flexibility index (Phi) is 4.35. The number of sulfone groups is 1. The molecule has 0 saturated carbocycles. The Balaban J connectivity index is 3.34. The first kappa shape index (κ1) is 15.6. The predicted molar refractivity (Wildman–Crippen MR) is 69.0 cm³/mol. The highest BCUT2D eigenvalue weighted by Gasteiger charge is 2.45. The maximum absolute atomic E-state index is 13.8. The number of carbonyl (C=O) groups is 1. The second kappa shape index (κ2) is 5.28. The summed E-state index contributed by atoms with van der Waals surface area (Å²) in [6.45, 7) is 5.70. The molecule has 0 atom stereocenters. The summed E-state index contributed by atoms with van der Waals surface area (Å²) in [4.78, 5) is 11.2. The van der Waals surface area contributed by atoms with Gasteiger partial charge in [0.1, 0.15) is 10.7 Å². The molecule has 0 unspecified atom stereocenters. The van der Waals surface area contributed by atoms with Gasteiger partial charge < -0.3 is 4.74 Å². The number of halogens is 1. The Bertz CT molecular complexity index is 591. The highest BCUT2D eigenvalue weighted by Crippen LogP contribution is 2.29. The normalized spacial score (nSPS) is 12.3. The first-order valence-electron chi connectivity index (χ1n) is 5.82. The van der Waals surface area contributed by atoms with Gasteiger partial charge in [-0.2, -0.15) is 0 Å². The summed E-state index contributed by atoms with van der Waals surface area (Å²) in [6.07, 6.45) is 0. The van der Waals surface area contributed by atoms with Crippen LogP contribution >= 0.6 is 0 Å². The van der Waals surface area contributed by atoms with Crippen molar-refractivity contribution in [2.24, 2.45) is 0 Å². The van der Waals surface area contributed by atoms with E-state index in [2.05, 4.69) is 0 Å². The molecule has 106 valence electrons. The number of carbonyl (C=O) groups excluding carboxylic acids is 1. The quantitative estimate of drug-likeness (QED) is 0.797. The van der Waals surface area contributed by atoms with Gasteiger partial charge in [-0.25, -0.2) is 12.8 Å². The van der Waals surface area contributed by atoms with E-state index in [1.807, 2.05) is 0 Å². The van der Waals surface area contributed by atoms with Crippen molar-refractivity contribution in [3.63, 3.8) is 0 Å². The van der Waals surface area contributed by atoms with Gasteiger partial charge in [-0.15, -0.1) is 0 Å². The molecule has 0 saturated heterocycles. The highest BCUT2D eigenvalue weighted by atomic mass is 32.2. The van der Waals surface area contributed by atoms with Crippen LogP contribution in [0.1, 0.15) is 26.3 Å². The van der Waals surface area contributed by atoms with Crippen molar-refractivity contribution >= 4 is 15.8 Å². The first-order chi connectivity index (χ1) is 8.64. The molecule has 0 aliphatic heterocycles. The van der Waals surface area contributed by atoms with Gasteiger partial charge in [-0.3, -0.25) is 4.79 Å². The van der Waals surface area contributed by atoms with Crippen molar-refractivity contribution in [3.05, 3.63) is 29.6 Å². The molecule has 0 fully saturated rings. The molecule has 0 radical (unpaired) electrons. The lowest BCUT2D eigenvalue weighted by molar-refractivity contribution is -0.145. The molecule has 4 nitrogen and oxygen atoms in total. The van der Waals surface area contributed by atoms with E-state index in [9.17, 15) is 17.6 Å². The predicted octanol–water partition coefficient (Wildman–Crippen LogP) is 2.25. The summed E-state index contributed by atoms with van der Waals surface area (Å²) in [7, 11) is -4.16. The largest absolute Gasteiger partial charge is 0.465 e. The average molecular weight is 288 g/mol. The number of benzene rings is 1. The van der Waals surface area contributed by atoms with Gasteiger partial charge in [0.2, 0.25) is 0 Å². The fourth-order valence-corrected chi connectivity index (χ4v) is 2.90. The van der Waals surface area contributed by atoms with E-state index in [1.165, 1.54) is 26.0 Å². The Hall–Kier alpha value is -1.43. The van der Waals surface area contributed by atoms with Crippen LogP contribution in [0, 0.1) is 12.7 Å². The van der Waals surface area contributed by atoms with E-state index < -0.39 is 31.3 Å². The molecule has 1 aromatic carbocycles. The molecule has 0 aliphatic rings. The van der Waals surface area contributed by atoms with Crippen molar-refractivity contribution in [2.45, 2.75) is 37.3 Å². The van der Waals surface area contributed by atoms with Crippen LogP contribution in [0.15, 0.2) is 23.1 Å². The lowest BCUT2D eigenvalue weighted by Crippen LogP contribution is -2.42. The number of hydrogen-bond donors (Lipinski definition) is 0. The van der Waals surface area contributed by atoms with Crippen LogP contribution in [-0.2, 0) is 19.4 Å². The minimum absolute atomic E-state index is 0.0637. The lowest BCUT2D eigenvalue weighted by atomic mass is 10.2. The van der Waals surface area contributed by atoms with Crippen LogP contribution in [0.2, 0.25) is 0 Å². The van der Waals surface area contributed by atoms with Gasteiger partial charge in [0, 0.05) is 0 Å². The van der Waals surface area contributed by atoms with Gasteiger partial charge in [0.25, 0.3) is 0 Å². The van der Waals surface area contributed by atoms with Crippen molar-refractivity contribution in [3.8, 4) is 0 Å². The molecule has 0 amide bonds. The van der Waals surface area contributed by atoms with Gasteiger partial charge >= 0.3 is 5.97 Å². The molecule has 19 heavy (non-hydrogen) atoms. The Morgan fingerprint density at radius 1 is 1.37 bits per heavy atom. The van der Waals surface area contributed by atoms with Crippen LogP contribution in [0.5, 0.6) is 0 Å². The zero-order valence-electron chi connectivity index (χ0n) is 11.4. The van der Waals surface area contributed by atoms with Gasteiger partial charge in [0.15, 0.2) is 14.6 Å². The fraction of sp³-hybridized carbons (Fsp3) is 0.462. The monoisotopic (exact) mass is 288 g/mol. The Labute approximate surface area is 112 Å². The number of esters is 1.